The van der Waals surface area contributed by atoms with Gasteiger partial charge in [0.15, 0.2) is 0 Å². The molecule has 0 saturated heterocycles. The molecule has 4 heteroatoms. The van der Waals surface area contributed by atoms with Gasteiger partial charge in [0, 0.05) is 30.2 Å². The third-order valence-corrected chi connectivity index (χ3v) is 3.97. The highest BCUT2D eigenvalue weighted by atomic mass is 35.5. The summed E-state index contributed by atoms with van der Waals surface area (Å²) >= 11 is 6.12. The van der Waals surface area contributed by atoms with Crippen molar-refractivity contribution in [3.05, 3.63) is 51.8 Å². The molecule has 1 unspecified atom stereocenters. The van der Waals surface area contributed by atoms with Gasteiger partial charge in [-0.05, 0) is 43.7 Å². The van der Waals surface area contributed by atoms with Gasteiger partial charge in [-0.25, -0.2) is 0 Å². The summed E-state index contributed by atoms with van der Waals surface area (Å²) in [7, 11) is 2.00. The number of nitrogens with zero attached hydrogens (tertiary/aromatic N) is 2. The van der Waals surface area contributed by atoms with Crippen LogP contribution in [-0.4, -0.2) is 16.3 Å². The van der Waals surface area contributed by atoms with E-state index < -0.39 is 0 Å². The Morgan fingerprint density at radius 1 is 1.30 bits per heavy atom. The molecule has 0 aliphatic heterocycles. The van der Waals surface area contributed by atoms with Crippen LogP contribution < -0.4 is 5.32 Å². The number of hydrogen-bond donors (Lipinski definition) is 1. The molecule has 1 aromatic heterocycles. The van der Waals surface area contributed by atoms with E-state index in [0.29, 0.717) is 0 Å². The van der Waals surface area contributed by atoms with Crippen LogP contribution in [0.5, 0.6) is 0 Å². The van der Waals surface area contributed by atoms with E-state index in [1.807, 2.05) is 31.6 Å². The lowest BCUT2D eigenvalue weighted by atomic mass is 10.00. The van der Waals surface area contributed by atoms with Crippen LogP contribution in [0, 0.1) is 13.8 Å². The summed E-state index contributed by atoms with van der Waals surface area (Å²) in [6.45, 7) is 7.13. The molecule has 1 aromatic carbocycles. The molecular formula is C16H22ClN3. The van der Waals surface area contributed by atoms with Gasteiger partial charge >= 0.3 is 0 Å². The minimum Gasteiger partial charge on any atom is -0.310 e. The van der Waals surface area contributed by atoms with Gasteiger partial charge in [-0.15, -0.1) is 0 Å². The Kier molecular flexibility index (Phi) is 4.84. The van der Waals surface area contributed by atoms with E-state index >= 15 is 0 Å². The van der Waals surface area contributed by atoms with Gasteiger partial charge in [0.05, 0.1) is 5.69 Å². The zero-order chi connectivity index (χ0) is 14.7. The Hall–Kier alpha value is -1.32. The lowest BCUT2D eigenvalue weighted by Crippen LogP contribution is -2.24. The molecule has 0 saturated carbocycles. The van der Waals surface area contributed by atoms with E-state index in [9.17, 15) is 0 Å². The van der Waals surface area contributed by atoms with Crippen molar-refractivity contribution in [1.82, 2.24) is 15.1 Å². The lowest BCUT2D eigenvalue weighted by molar-refractivity contribution is 0.528. The molecule has 1 atom stereocenters. The van der Waals surface area contributed by atoms with Crippen LogP contribution in [0.4, 0.5) is 0 Å². The largest absolute Gasteiger partial charge is 0.310 e. The number of hydrogen-bond acceptors (Lipinski definition) is 2. The molecule has 0 radical (unpaired) electrons. The van der Waals surface area contributed by atoms with E-state index in [4.69, 9.17) is 11.6 Å². The second kappa shape index (κ2) is 6.42. The van der Waals surface area contributed by atoms with Crippen LogP contribution in [0.3, 0.4) is 0 Å². The molecule has 108 valence electrons. The molecule has 0 bridgehead atoms. The summed E-state index contributed by atoms with van der Waals surface area (Å²) in [6.07, 6.45) is 0.923. The number of aromatic nitrogens is 2. The Balaban J connectivity index is 2.26. The maximum Gasteiger partial charge on any atom is 0.0596 e. The summed E-state index contributed by atoms with van der Waals surface area (Å²) in [5.41, 5.74) is 4.69. The summed E-state index contributed by atoms with van der Waals surface area (Å²) in [6, 6.07) is 8.67. The molecule has 0 aliphatic rings. The number of benzene rings is 1. The normalized spacial score (nSPS) is 12.7. The first-order chi connectivity index (χ1) is 9.51. The minimum absolute atomic E-state index is 0.283. The third kappa shape index (κ3) is 3.41. The van der Waals surface area contributed by atoms with Gasteiger partial charge in [-0.3, -0.25) is 4.68 Å². The Morgan fingerprint density at radius 2 is 2.05 bits per heavy atom. The van der Waals surface area contributed by atoms with Crippen LogP contribution in [0.2, 0.25) is 5.02 Å². The van der Waals surface area contributed by atoms with Crippen molar-refractivity contribution >= 4 is 11.6 Å². The van der Waals surface area contributed by atoms with Crippen molar-refractivity contribution in [1.29, 1.82) is 0 Å². The fraction of sp³-hybridized carbons (Fsp3) is 0.438. The van der Waals surface area contributed by atoms with Crippen LogP contribution in [0.25, 0.3) is 0 Å². The highest BCUT2D eigenvalue weighted by Gasteiger charge is 2.14. The van der Waals surface area contributed by atoms with Gasteiger partial charge in [0.1, 0.15) is 0 Å². The van der Waals surface area contributed by atoms with Crippen LogP contribution in [0.15, 0.2) is 24.3 Å². The Bertz CT molecular complexity index is 589. The topological polar surface area (TPSA) is 29.9 Å². The number of nitrogens with one attached hydrogen (secondary N) is 1. The first kappa shape index (κ1) is 15.1. The van der Waals surface area contributed by atoms with Crippen molar-refractivity contribution in [2.45, 2.75) is 33.2 Å². The van der Waals surface area contributed by atoms with E-state index in [1.165, 1.54) is 11.3 Å². The summed E-state index contributed by atoms with van der Waals surface area (Å²) in [5, 5.41) is 8.78. The van der Waals surface area contributed by atoms with Crippen LogP contribution in [-0.2, 0) is 13.5 Å². The Morgan fingerprint density at radius 3 is 2.60 bits per heavy atom. The van der Waals surface area contributed by atoms with Gasteiger partial charge in [0.25, 0.3) is 0 Å². The van der Waals surface area contributed by atoms with E-state index in [0.717, 1.165) is 29.2 Å². The average molecular weight is 292 g/mol. The molecule has 2 aromatic rings. The fourth-order valence-corrected chi connectivity index (χ4v) is 2.62. The molecule has 0 aliphatic carbocycles. The summed E-state index contributed by atoms with van der Waals surface area (Å²) in [5.74, 6) is 0. The molecule has 0 amide bonds. The SMILES string of the molecule is CCNC(Cc1cc(C)nn1C)c1ccc(Cl)c(C)c1. The number of halogens is 1. The van der Waals surface area contributed by atoms with E-state index in [-0.39, 0.29) is 6.04 Å². The molecule has 2 rings (SSSR count). The van der Waals surface area contributed by atoms with Gasteiger partial charge in [0.2, 0.25) is 0 Å². The van der Waals surface area contributed by atoms with Crippen LogP contribution in [0.1, 0.15) is 35.5 Å². The van der Waals surface area contributed by atoms with Crippen LogP contribution >= 0.6 is 11.6 Å². The quantitative estimate of drug-likeness (QED) is 0.912. The summed E-state index contributed by atoms with van der Waals surface area (Å²) in [4.78, 5) is 0. The molecule has 20 heavy (non-hydrogen) atoms. The Labute approximate surface area is 126 Å². The zero-order valence-corrected chi connectivity index (χ0v) is 13.3. The van der Waals surface area contributed by atoms with Gasteiger partial charge < -0.3 is 5.32 Å². The molecule has 0 spiro atoms. The number of aryl methyl sites for hydroxylation is 3. The molecule has 1 N–H and O–H groups in total. The first-order valence-electron chi connectivity index (χ1n) is 7.00. The van der Waals surface area contributed by atoms with Gasteiger partial charge in [-0.2, -0.15) is 5.10 Å². The maximum atomic E-state index is 6.12. The predicted octanol–water partition coefficient (Wildman–Crippen LogP) is 3.58. The van der Waals surface area contributed by atoms with Gasteiger partial charge in [-0.1, -0.05) is 30.7 Å². The maximum absolute atomic E-state index is 6.12. The van der Waals surface area contributed by atoms with Crippen molar-refractivity contribution in [2.24, 2.45) is 7.05 Å². The predicted molar refractivity (Wildman–Crippen MR) is 84.3 cm³/mol. The second-order valence-electron chi connectivity index (χ2n) is 5.22. The van der Waals surface area contributed by atoms with Crippen molar-refractivity contribution in [3.63, 3.8) is 0 Å². The first-order valence-corrected chi connectivity index (χ1v) is 7.38. The number of likely N-dealkylation sites (N-methyl/N-ethyl adjacent to an activating group) is 1. The van der Waals surface area contributed by atoms with Crippen molar-refractivity contribution in [2.75, 3.05) is 6.54 Å². The lowest BCUT2D eigenvalue weighted by Gasteiger charge is -2.19. The average Bonchev–Trinajstić information content (AvgIpc) is 2.71. The smallest absolute Gasteiger partial charge is 0.0596 e. The molecule has 0 fully saturated rings. The van der Waals surface area contributed by atoms with E-state index in [2.05, 4.69) is 35.5 Å². The molecule has 3 nitrogen and oxygen atoms in total. The van der Waals surface area contributed by atoms with Crippen molar-refractivity contribution in [3.8, 4) is 0 Å². The zero-order valence-electron chi connectivity index (χ0n) is 12.6. The molecule has 1 heterocycles. The standard InChI is InChI=1S/C16H22ClN3/c1-5-18-16(10-14-9-12(3)19-20(14)4)13-6-7-15(17)11(2)8-13/h6-9,16,18H,5,10H2,1-4H3. The fourth-order valence-electron chi connectivity index (χ4n) is 2.50. The second-order valence-corrected chi connectivity index (χ2v) is 5.63. The third-order valence-electron chi connectivity index (χ3n) is 3.55. The van der Waals surface area contributed by atoms with Crippen molar-refractivity contribution < 1.29 is 0 Å². The summed E-state index contributed by atoms with van der Waals surface area (Å²) < 4.78 is 1.96. The highest BCUT2D eigenvalue weighted by Crippen LogP contribution is 2.23. The minimum atomic E-state index is 0.283. The monoisotopic (exact) mass is 291 g/mol. The number of rotatable bonds is 5. The molecular weight excluding hydrogens is 270 g/mol. The highest BCUT2D eigenvalue weighted by molar-refractivity contribution is 6.31. The van der Waals surface area contributed by atoms with E-state index in [1.54, 1.807) is 0 Å².